The first kappa shape index (κ1) is 21.4. The van der Waals surface area contributed by atoms with Gasteiger partial charge in [0.25, 0.3) is 0 Å². The molecule has 0 bridgehead atoms. The summed E-state index contributed by atoms with van der Waals surface area (Å²) in [6.45, 7) is 4.09. The number of aliphatic hydroxyl groups is 1. The monoisotopic (exact) mass is 410 g/mol. The Morgan fingerprint density at radius 1 is 1.20 bits per heavy atom. The quantitative estimate of drug-likeness (QED) is 0.546. The van der Waals surface area contributed by atoms with E-state index in [4.69, 9.17) is 5.11 Å². The first-order chi connectivity index (χ1) is 14.3. The van der Waals surface area contributed by atoms with Gasteiger partial charge in [0.1, 0.15) is 18.0 Å². The van der Waals surface area contributed by atoms with Crippen molar-refractivity contribution in [3.05, 3.63) is 65.6 Å². The average molecular weight is 410 g/mol. The molecule has 1 atom stereocenters. The molecule has 0 aliphatic heterocycles. The molecule has 30 heavy (non-hydrogen) atoms. The number of aromatic nitrogens is 2. The van der Waals surface area contributed by atoms with E-state index < -0.39 is 24.3 Å². The Morgan fingerprint density at radius 2 is 1.90 bits per heavy atom. The maximum atomic E-state index is 13.4. The van der Waals surface area contributed by atoms with Crippen LogP contribution in [0.5, 0.6) is 0 Å². The maximum Gasteiger partial charge on any atom is 0.310 e. The largest absolute Gasteiger partial charge is 0.481 e. The van der Waals surface area contributed by atoms with Crippen molar-refractivity contribution >= 4 is 23.3 Å². The van der Waals surface area contributed by atoms with Gasteiger partial charge in [-0.1, -0.05) is 26.0 Å². The molecule has 0 aliphatic rings. The lowest BCUT2D eigenvalue weighted by Gasteiger charge is -2.17. The minimum Gasteiger partial charge on any atom is -0.481 e. The summed E-state index contributed by atoms with van der Waals surface area (Å²) in [7, 11) is 0. The number of aliphatic hydroxyl groups excluding tert-OH is 1. The molecule has 1 unspecified atom stereocenters. The second kappa shape index (κ2) is 9.00. The Morgan fingerprint density at radius 3 is 2.53 bits per heavy atom. The van der Waals surface area contributed by atoms with Crippen molar-refractivity contribution in [2.24, 2.45) is 0 Å². The highest BCUT2D eigenvalue weighted by atomic mass is 19.1. The molecule has 0 radical (unpaired) electrons. The molecule has 3 aromatic rings. The van der Waals surface area contributed by atoms with Gasteiger partial charge in [0.15, 0.2) is 0 Å². The Kier molecular flexibility index (Phi) is 6.42. The Labute approximate surface area is 173 Å². The first-order valence-electron chi connectivity index (χ1n) is 9.63. The predicted octanol–water partition coefficient (Wildman–Crippen LogP) is 4.07. The lowest BCUT2D eigenvalue weighted by molar-refractivity contribution is -0.140. The molecular weight excluding hydrogens is 387 g/mol. The molecule has 0 saturated carbocycles. The van der Waals surface area contributed by atoms with Crippen molar-refractivity contribution in [3.8, 4) is 11.3 Å². The number of carbonyl (C=O) groups excluding carboxylic acids is 1. The number of rotatable bonds is 8. The molecular formula is C23H23FN2O4. The summed E-state index contributed by atoms with van der Waals surface area (Å²) < 4.78 is 15.2. The molecule has 3 rings (SSSR count). The van der Waals surface area contributed by atoms with Crippen LogP contribution in [0.15, 0.2) is 48.7 Å². The molecule has 2 aromatic heterocycles. The number of carboxylic acid groups (broad SMARTS) is 1. The molecule has 6 nitrogen and oxygen atoms in total. The molecule has 1 aromatic carbocycles. The summed E-state index contributed by atoms with van der Waals surface area (Å²) in [5.41, 5.74) is 3.99. The lowest BCUT2D eigenvalue weighted by Crippen LogP contribution is -2.14. The van der Waals surface area contributed by atoms with Crippen molar-refractivity contribution in [1.82, 2.24) is 9.61 Å². The maximum absolute atomic E-state index is 13.4. The minimum absolute atomic E-state index is 0.120. The molecule has 7 heteroatoms. The molecule has 0 fully saturated rings. The first-order valence-corrected chi connectivity index (χ1v) is 9.63. The fourth-order valence-corrected chi connectivity index (χ4v) is 3.45. The number of fused-ring (bicyclic) bond motifs is 1. The van der Waals surface area contributed by atoms with Crippen molar-refractivity contribution in [2.75, 3.05) is 0 Å². The zero-order valence-electron chi connectivity index (χ0n) is 16.7. The zero-order valence-corrected chi connectivity index (χ0v) is 16.7. The number of benzene rings is 1. The average Bonchev–Trinajstić information content (AvgIpc) is 3.13. The van der Waals surface area contributed by atoms with Gasteiger partial charge in [-0.05, 0) is 47.9 Å². The van der Waals surface area contributed by atoms with Crippen LogP contribution >= 0.6 is 0 Å². The third-order valence-electron chi connectivity index (χ3n) is 4.72. The van der Waals surface area contributed by atoms with Crippen molar-refractivity contribution in [2.45, 2.75) is 38.7 Å². The van der Waals surface area contributed by atoms with E-state index in [1.165, 1.54) is 18.2 Å². The number of aliphatic carboxylic acids is 1. The number of hydrogen-bond acceptors (Lipinski definition) is 4. The van der Waals surface area contributed by atoms with Gasteiger partial charge in [0, 0.05) is 23.7 Å². The third kappa shape index (κ3) is 4.80. The van der Waals surface area contributed by atoms with Gasteiger partial charge < -0.3 is 10.2 Å². The SMILES string of the molecule is CC(C)c1c(/C=C/C(O)CC(=O)CC(=O)O)c(-c2ccc(F)cc2)nn2cccc12. The van der Waals surface area contributed by atoms with E-state index in [0.717, 1.165) is 16.6 Å². The van der Waals surface area contributed by atoms with E-state index >= 15 is 0 Å². The summed E-state index contributed by atoms with van der Waals surface area (Å²) in [5, 5.41) is 23.6. The van der Waals surface area contributed by atoms with Gasteiger partial charge in [-0.2, -0.15) is 5.10 Å². The summed E-state index contributed by atoms with van der Waals surface area (Å²) in [6, 6.07) is 9.83. The van der Waals surface area contributed by atoms with Crippen molar-refractivity contribution < 1.29 is 24.2 Å². The number of hydrogen-bond donors (Lipinski definition) is 2. The highest BCUT2D eigenvalue weighted by molar-refractivity contribution is 5.95. The van der Waals surface area contributed by atoms with Gasteiger partial charge in [-0.25, -0.2) is 8.91 Å². The molecule has 0 spiro atoms. The number of nitrogens with zero attached hydrogens (tertiary/aromatic N) is 2. The van der Waals surface area contributed by atoms with Crippen LogP contribution in [0.2, 0.25) is 0 Å². The summed E-state index contributed by atoms with van der Waals surface area (Å²) in [4.78, 5) is 22.3. The Bertz CT molecular complexity index is 1100. The standard InChI is InChI=1S/C23H23FN2O4/c1-14(2)22-19(10-9-17(27)12-18(28)13-21(29)30)23(15-5-7-16(24)8-6-15)25-26-11-3-4-20(22)26/h3-11,14,17,27H,12-13H2,1-2H3,(H,29,30)/b10-9+. The van der Waals surface area contributed by atoms with Crippen LogP contribution in [-0.2, 0) is 9.59 Å². The van der Waals surface area contributed by atoms with Crippen LogP contribution < -0.4 is 0 Å². The minimum atomic E-state index is -1.22. The number of Topliss-reactive ketones (excluding diaryl/α,β-unsaturated/α-hetero) is 1. The number of carbonyl (C=O) groups is 2. The number of carboxylic acids is 1. The number of halogens is 1. The van der Waals surface area contributed by atoms with Crippen LogP contribution in [0, 0.1) is 5.82 Å². The van der Waals surface area contributed by atoms with E-state index in [-0.39, 0.29) is 18.2 Å². The lowest BCUT2D eigenvalue weighted by atomic mass is 9.93. The van der Waals surface area contributed by atoms with Gasteiger partial charge in [0.05, 0.1) is 17.3 Å². The Hall–Kier alpha value is -3.32. The van der Waals surface area contributed by atoms with E-state index in [1.807, 2.05) is 32.2 Å². The normalized spacial score (nSPS) is 12.7. The van der Waals surface area contributed by atoms with Crippen LogP contribution in [-0.4, -0.2) is 37.7 Å². The van der Waals surface area contributed by atoms with Crippen molar-refractivity contribution in [3.63, 3.8) is 0 Å². The van der Waals surface area contributed by atoms with Gasteiger partial charge in [-0.15, -0.1) is 0 Å². The summed E-state index contributed by atoms with van der Waals surface area (Å²) in [6.07, 6.45) is 2.97. The van der Waals surface area contributed by atoms with Crippen LogP contribution in [0.25, 0.3) is 22.9 Å². The summed E-state index contributed by atoms with van der Waals surface area (Å²) in [5.74, 6) is -2.01. The fourth-order valence-electron chi connectivity index (χ4n) is 3.45. The molecule has 0 aliphatic carbocycles. The molecule has 2 heterocycles. The van der Waals surface area contributed by atoms with Crippen molar-refractivity contribution in [1.29, 1.82) is 0 Å². The Balaban J connectivity index is 2.07. The fraction of sp³-hybridized carbons (Fsp3) is 0.261. The van der Waals surface area contributed by atoms with Gasteiger partial charge in [-0.3, -0.25) is 9.59 Å². The second-order valence-electron chi connectivity index (χ2n) is 7.42. The van der Waals surface area contributed by atoms with E-state index in [9.17, 15) is 19.1 Å². The predicted molar refractivity (Wildman–Crippen MR) is 112 cm³/mol. The molecule has 0 amide bonds. The van der Waals surface area contributed by atoms with E-state index in [2.05, 4.69) is 5.10 Å². The zero-order chi connectivity index (χ0) is 21.8. The second-order valence-corrected chi connectivity index (χ2v) is 7.42. The topological polar surface area (TPSA) is 91.9 Å². The van der Waals surface area contributed by atoms with Crippen LogP contribution in [0.1, 0.15) is 43.7 Å². The highest BCUT2D eigenvalue weighted by Crippen LogP contribution is 2.33. The van der Waals surface area contributed by atoms with E-state index in [1.54, 1.807) is 22.7 Å². The smallest absolute Gasteiger partial charge is 0.310 e. The summed E-state index contributed by atoms with van der Waals surface area (Å²) >= 11 is 0. The van der Waals surface area contributed by atoms with Gasteiger partial charge >= 0.3 is 5.97 Å². The molecule has 0 saturated heterocycles. The molecule has 156 valence electrons. The highest BCUT2D eigenvalue weighted by Gasteiger charge is 2.18. The van der Waals surface area contributed by atoms with Crippen LogP contribution in [0.4, 0.5) is 4.39 Å². The van der Waals surface area contributed by atoms with E-state index in [0.29, 0.717) is 11.3 Å². The number of ketones is 1. The molecule has 2 N–H and O–H groups in total. The van der Waals surface area contributed by atoms with Gasteiger partial charge in [0.2, 0.25) is 0 Å². The van der Waals surface area contributed by atoms with Crippen LogP contribution in [0.3, 0.4) is 0 Å². The third-order valence-corrected chi connectivity index (χ3v) is 4.72.